The fourth-order valence-corrected chi connectivity index (χ4v) is 5.01. The first kappa shape index (κ1) is 18.6. The van der Waals surface area contributed by atoms with Gasteiger partial charge in [0.05, 0.1) is 24.5 Å². The predicted octanol–water partition coefficient (Wildman–Crippen LogP) is 3.41. The van der Waals surface area contributed by atoms with E-state index in [0.29, 0.717) is 23.4 Å². The predicted molar refractivity (Wildman–Crippen MR) is 98.5 cm³/mol. The number of methoxy groups -OCH3 is 1. The average Bonchev–Trinajstić information content (AvgIpc) is 2.81. The van der Waals surface area contributed by atoms with Gasteiger partial charge in [0.15, 0.2) is 0 Å². The molecular formula is C19H23NO5S. The maximum atomic E-state index is 12.8. The lowest BCUT2D eigenvalue weighted by molar-refractivity contribution is -0.146. The summed E-state index contributed by atoms with van der Waals surface area (Å²) in [6.07, 6.45) is 9.27. The van der Waals surface area contributed by atoms with Crippen molar-refractivity contribution < 1.29 is 24.2 Å². The highest BCUT2D eigenvalue weighted by Gasteiger charge is 2.35. The van der Waals surface area contributed by atoms with Crippen LogP contribution in [0.3, 0.4) is 0 Å². The van der Waals surface area contributed by atoms with Crippen LogP contribution in [0.15, 0.2) is 12.2 Å². The molecule has 0 bridgehead atoms. The fourth-order valence-electron chi connectivity index (χ4n) is 3.73. The topological polar surface area (TPSA) is 92.7 Å². The Morgan fingerprint density at radius 3 is 2.50 bits per heavy atom. The van der Waals surface area contributed by atoms with Crippen molar-refractivity contribution in [2.75, 3.05) is 12.4 Å². The van der Waals surface area contributed by atoms with Gasteiger partial charge in [0.25, 0.3) is 0 Å². The summed E-state index contributed by atoms with van der Waals surface area (Å²) in [6, 6.07) is 0. The molecule has 1 aromatic rings. The first-order valence-corrected chi connectivity index (χ1v) is 9.76. The van der Waals surface area contributed by atoms with Crippen molar-refractivity contribution in [3.63, 3.8) is 0 Å². The molecule has 0 unspecified atom stereocenters. The number of carbonyl (C=O) groups excluding carboxylic acids is 2. The van der Waals surface area contributed by atoms with E-state index in [4.69, 9.17) is 4.74 Å². The number of rotatable bonds is 4. The van der Waals surface area contributed by atoms with E-state index in [1.165, 1.54) is 18.4 Å². The van der Waals surface area contributed by atoms with E-state index < -0.39 is 23.8 Å². The fraction of sp³-hybridized carbons (Fsp3) is 0.526. The molecule has 0 fully saturated rings. The minimum atomic E-state index is -0.968. The Morgan fingerprint density at radius 2 is 1.81 bits per heavy atom. The summed E-state index contributed by atoms with van der Waals surface area (Å²) in [5.41, 5.74) is 1.42. The van der Waals surface area contributed by atoms with E-state index in [1.54, 1.807) is 6.08 Å². The Kier molecular flexibility index (Phi) is 5.76. The maximum absolute atomic E-state index is 12.8. The number of allylic oxidation sites excluding steroid dienone is 2. The normalized spacial score (nSPS) is 22.2. The number of carboxylic acid groups (broad SMARTS) is 1. The molecule has 0 aromatic carbocycles. The van der Waals surface area contributed by atoms with Crippen molar-refractivity contribution in [2.24, 2.45) is 11.8 Å². The smallest absolute Gasteiger partial charge is 0.341 e. The zero-order valence-corrected chi connectivity index (χ0v) is 15.6. The van der Waals surface area contributed by atoms with Crippen LogP contribution in [-0.2, 0) is 27.2 Å². The van der Waals surface area contributed by atoms with Crippen LogP contribution in [0, 0.1) is 11.8 Å². The number of aryl methyl sites for hydroxylation is 1. The summed E-state index contributed by atoms with van der Waals surface area (Å²) in [5, 5.41) is 12.7. The molecule has 0 radical (unpaired) electrons. The number of fused-ring (bicyclic) bond motifs is 1. The second-order valence-corrected chi connectivity index (χ2v) is 7.85. The van der Waals surface area contributed by atoms with Crippen molar-refractivity contribution in [3.8, 4) is 0 Å². The average molecular weight is 377 g/mol. The van der Waals surface area contributed by atoms with Crippen molar-refractivity contribution >= 4 is 34.2 Å². The zero-order chi connectivity index (χ0) is 18.7. The number of amides is 1. The van der Waals surface area contributed by atoms with Gasteiger partial charge in [-0.15, -0.1) is 11.3 Å². The molecule has 0 saturated heterocycles. The second kappa shape index (κ2) is 8.03. The quantitative estimate of drug-likeness (QED) is 0.476. The number of ether oxygens (including phenoxy) is 1. The number of nitrogens with one attached hydrogen (secondary N) is 1. The Bertz CT molecular complexity index is 751. The number of anilines is 1. The third-order valence-electron chi connectivity index (χ3n) is 5.13. The van der Waals surface area contributed by atoms with Crippen LogP contribution < -0.4 is 5.32 Å². The number of carbonyl (C=O) groups is 3. The van der Waals surface area contributed by atoms with Crippen LogP contribution in [0.2, 0.25) is 0 Å². The number of hydrogen-bond acceptors (Lipinski definition) is 5. The molecule has 26 heavy (non-hydrogen) atoms. The summed E-state index contributed by atoms with van der Waals surface area (Å²) in [7, 11) is 1.33. The van der Waals surface area contributed by atoms with Gasteiger partial charge in [-0.1, -0.05) is 18.6 Å². The standard InChI is InChI=1S/C19H23NO5S/c1-25-19(24)15-13-9-3-2-4-10-14(13)26-17(15)20-16(21)11-7-5-6-8-12(11)18(22)23/h5-6,11-12H,2-4,7-10H2,1H3,(H,20,21)(H,22,23)/t11-,12-/m0/s1. The van der Waals surface area contributed by atoms with E-state index in [1.807, 2.05) is 6.08 Å². The summed E-state index contributed by atoms with van der Waals surface area (Å²) in [4.78, 5) is 37.7. The molecule has 1 amide bonds. The van der Waals surface area contributed by atoms with Crippen LogP contribution in [0.5, 0.6) is 0 Å². The lowest BCUT2D eigenvalue weighted by atomic mass is 9.82. The van der Waals surface area contributed by atoms with Gasteiger partial charge in [-0.3, -0.25) is 9.59 Å². The molecule has 2 aliphatic rings. The first-order chi connectivity index (χ1) is 12.5. The largest absolute Gasteiger partial charge is 0.481 e. The van der Waals surface area contributed by atoms with Gasteiger partial charge in [0.2, 0.25) is 5.91 Å². The van der Waals surface area contributed by atoms with Gasteiger partial charge in [-0.2, -0.15) is 0 Å². The van der Waals surface area contributed by atoms with Gasteiger partial charge < -0.3 is 15.2 Å². The van der Waals surface area contributed by atoms with E-state index in [2.05, 4.69) is 5.32 Å². The minimum absolute atomic E-state index is 0.344. The van der Waals surface area contributed by atoms with Crippen molar-refractivity contribution in [3.05, 3.63) is 28.2 Å². The van der Waals surface area contributed by atoms with Gasteiger partial charge in [-0.05, 0) is 44.1 Å². The SMILES string of the molecule is COC(=O)c1c(NC(=O)[C@H]2CC=CC[C@@H]2C(=O)O)sc2c1CCCCC2. The molecule has 140 valence electrons. The van der Waals surface area contributed by atoms with Gasteiger partial charge in [0, 0.05) is 4.88 Å². The van der Waals surface area contributed by atoms with Crippen molar-refractivity contribution in [2.45, 2.75) is 44.9 Å². The van der Waals surface area contributed by atoms with Crippen LogP contribution in [-0.4, -0.2) is 30.1 Å². The highest BCUT2D eigenvalue weighted by molar-refractivity contribution is 7.17. The molecule has 3 rings (SSSR count). The summed E-state index contributed by atoms with van der Waals surface area (Å²) >= 11 is 1.42. The van der Waals surface area contributed by atoms with Crippen LogP contribution in [0.4, 0.5) is 5.00 Å². The molecule has 7 heteroatoms. The van der Waals surface area contributed by atoms with Crippen molar-refractivity contribution in [1.29, 1.82) is 0 Å². The van der Waals surface area contributed by atoms with Crippen LogP contribution in [0.25, 0.3) is 0 Å². The Labute approximate surface area is 156 Å². The van der Waals surface area contributed by atoms with E-state index in [-0.39, 0.29) is 5.91 Å². The molecule has 2 atom stereocenters. The minimum Gasteiger partial charge on any atom is -0.481 e. The third-order valence-corrected chi connectivity index (χ3v) is 6.34. The lowest BCUT2D eigenvalue weighted by Crippen LogP contribution is -2.34. The zero-order valence-electron chi connectivity index (χ0n) is 14.7. The van der Waals surface area contributed by atoms with Gasteiger partial charge in [0.1, 0.15) is 5.00 Å². The summed E-state index contributed by atoms with van der Waals surface area (Å²) < 4.78 is 4.94. The number of thiophene rings is 1. The lowest BCUT2D eigenvalue weighted by Gasteiger charge is -2.24. The van der Waals surface area contributed by atoms with Gasteiger partial charge >= 0.3 is 11.9 Å². The van der Waals surface area contributed by atoms with E-state index in [9.17, 15) is 19.5 Å². The Balaban J connectivity index is 1.89. The number of carboxylic acids is 1. The summed E-state index contributed by atoms with van der Waals surface area (Å²) in [6.45, 7) is 0. The van der Waals surface area contributed by atoms with Crippen LogP contribution in [0.1, 0.15) is 52.9 Å². The molecule has 1 aromatic heterocycles. The maximum Gasteiger partial charge on any atom is 0.341 e. The Morgan fingerprint density at radius 1 is 1.12 bits per heavy atom. The molecule has 2 aliphatic carbocycles. The monoisotopic (exact) mass is 377 g/mol. The third kappa shape index (κ3) is 3.67. The molecule has 2 N–H and O–H groups in total. The second-order valence-electron chi connectivity index (χ2n) is 6.74. The summed E-state index contributed by atoms with van der Waals surface area (Å²) in [5.74, 6) is -3.13. The Hall–Kier alpha value is -2.15. The number of aliphatic carboxylic acids is 1. The molecule has 0 aliphatic heterocycles. The molecule has 0 spiro atoms. The van der Waals surface area contributed by atoms with E-state index in [0.717, 1.165) is 42.5 Å². The molecule has 1 heterocycles. The number of hydrogen-bond donors (Lipinski definition) is 2. The van der Waals surface area contributed by atoms with Crippen molar-refractivity contribution in [1.82, 2.24) is 0 Å². The van der Waals surface area contributed by atoms with E-state index >= 15 is 0 Å². The molecule has 6 nitrogen and oxygen atoms in total. The highest BCUT2D eigenvalue weighted by atomic mass is 32.1. The molecule has 0 saturated carbocycles. The van der Waals surface area contributed by atoms with Gasteiger partial charge in [-0.25, -0.2) is 4.79 Å². The highest BCUT2D eigenvalue weighted by Crippen LogP contribution is 2.39. The first-order valence-electron chi connectivity index (χ1n) is 8.94. The number of esters is 1. The van der Waals surface area contributed by atoms with Crippen LogP contribution >= 0.6 is 11.3 Å². The molecular weight excluding hydrogens is 354 g/mol.